The maximum Gasteiger partial charge on any atom is 0.361 e. The van der Waals surface area contributed by atoms with Gasteiger partial charge in [0, 0.05) is 4.88 Å². The molecule has 0 atom stereocenters. The van der Waals surface area contributed by atoms with Gasteiger partial charge in [0.25, 0.3) is 5.91 Å². The number of benzene rings is 1. The first-order valence-corrected chi connectivity index (χ1v) is 8.47. The van der Waals surface area contributed by atoms with Gasteiger partial charge in [0.1, 0.15) is 0 Å². The third-order valence-electron chi connectivity index (χ3n) is 3.34. The number of nitrogens with one attached hydrogen (secondary N) is 1. The summed E-state index contributed by atoms with van der Waals surface area (Å²) in [6.45, 7) is 1.72. The number of esters is 1. The van der Waals surface area contributed by atoms with E-state index in [4.69, 9.17) is 4.74 Å². The lowest BCUT2D eigenvalue weighted by Crippen LogP contribution is -2.28. The molecule has 128 valence electrons. The highest BCUT2D eigenvalue weighted by atomic mass is 32.1. The first-order valence-electron chi connectivity index (χ1n) is 7.59. The van der Waals surface area contributed by atoms with Crippen LogP contribution in [0.3, 0.4) is 0 Å². The van der Waals surface area contributed by atoms with Gasteiger partial charge in [0.15, 0.2) is 12.3 Å². The van der Waals surface area contributed by atoms with Crippen LogP contribution < -0.4 is 5.32 Å². The third-order valence-corrected chi connectivity index (χ3v) is 4.21. The molecule has 3 aromatic rings. The lowest BCUT2D eigenvalue weighted by molar-refractivity contribution is -0.124. The van der Waals surface area contributed by atoms with E-state index in [1.165, 1.54) is 4.80 Å². The van der Waals surface area contributed by atoms with Crippen molar-refractivity contribution in [3.8, 4) is 5.69 Å². The number of ether oxygens (including phenoxy) is 1. The van der Waals surface area contributed by atoms with E-state index in [0.29, 0.717) is 12.2 Å². The molecule has 0 radical (unpaired) electrons. The second-order valence-corrected chi connectivity index (χ2v) is 6.22. The molecule has 1 aromatic carbocycles. The Morgan fingerprint density at radius 2 is 1.96 bits per heavy atom. The Morgan fingerprint density at radius 1 is 1.16 bits per heavy atom. The lowest BCUT2D eigenvalue weighted by atomic mass is 10.3. The molecule has 0 bridgehead atoms. The standard InChI is InChI=1S/C17H16N4O3S/c1-12-16(20-21(19-12)13-6-3-2-4-7-13)17(23)24-11-15(22)18-10-14-8-5-9-25-14/h2-9H,10-11H2,1H3,(H,18,22). The van der Waals surface area contributed by atoms with Gasteiger partial charge in [0.2, 0.25) is 0 Å². The van der Waals surface area contributed by atoms with Crippen molar-refractivity contribution in [3.05, 3.63) is 64.1 Å². The van der Waals surface area contributed by atoms with Crippen LogP contribution in [-0.4, -0.2) is 33.5 Å². The molecule has 0 aliphatic heterocycles. The van der Waals surface area contributed by atoms with Gasteiger partial charge in [-0.2, -0.15) is 9.90 Å². The average Bonchev–Trinajstić information content (AvgIpc) is 3.28. The molecule has 25 heavy (non-hydrogen) atoms. The van der Waals surface area contributed by atoms with Crippen molar-refractivity contribution < 1.29 is 14.3 Å². The Hall–Kier alpha value is -3.00. The predicted octanol–water partition coefficient (Wildman–Crippen LogP) is 2.11. The Balaban J connectivity index is 1.56. The zero-order valence-electron chi connectivity index (χ0n) is 13.5. The smallest absolute Gasteiger partial charge is 0.361 e. The highest BCUT2D eigenvalue weighted by molar-refractivity contribution is 7.09. The van der Waals surface area contributed by atoms with Crippen LogP contribution in [0.4, 0.5) is 0 Å². The predicted molar refractivity (Wildman–Crippen MR) is 92.5 cm³/mol. The van der Waals surface area contributed by atoms with Gasteiger partial charge in [-0.1, -0.05) is 24.3 Å². The number of para-hydroxylation sites is 1. The molecule has 0 saturated carbocycles. The summed E-state index contributed by atoms with van der Waals surface area (Å²) >= 11 is 1.55. The summed E-state index contributed by atoms with van der Waals surface area (Å²) in [4.78, 5) is 26.3. The molecule has 0 unspecified atom stereocenters. The number of aromatic nitrogens is 3. The van der Waals surface area contributed by atoms with Crippen molar-refractivity contribution in [2.45, 2.75) is 13.5 Å². The lowest BCUT2D eigenvalue weighted by Gasteiger charge is -2.04. The van der Waals surface area contributed by atoms with E-state index in [1.807, 2.05) is 47.8 Å². The van der Waals surface area contributed by atoms with Crippen LogP contribution in [0.1, 0.15) is 21.1 Å². The minimum absolute atomic E-state index is 0.0925. The Bertz CT molecular complexity index is 859. The summed E-state index contributed by atoms with van der Waals surface area (Å²) in [5.41, 5.74) is 1.26. The summed E-state index contributed by atoms with van der Waals surface area (Å²) in [5.74, 6) is -1.04. The fourth-order valence-corrected chi connectivity index (χ4v) is 2.74. The van der Waals surface area contributed by atoms with Gasteiger partial charge in [-0.15, -0.1) is 16.4 Å². The average molecular weight is 356 g/mol. The SMILES string of the molecule is Cc1nn(-c2ccccc2)nc1C(=O)OCC(=O)NCc1cccs1. The molecule has 0 spiro atoms. The number of aryl methyl sites for hydroxylation is 1. The van der Waals surface area contributed by atoms with E-state index in [-0.39, 0.29) is 18.2 Å². The van der Waals surface area contributed by atoms with Crippen LogP contribution in [0.25, 0.3) is 5.69 Å². The molecule has 0 saturated heterocycles. The summed E-state index contributed by atoms with van der Waals surface area (Å²) in [5, 5.41) is 13.0. The van der Waals surface area contributed by atoms with E-state index in [0.717, 1.165) is 10.6 Å². The number of amides is 1. The minimum atomic E-state index is -0.675. The number of nitrogens with zero attached hydrogens (tertiary/aromatic N) is 3. The maximum atomic E-state index is 12.1. The van der Waals surface area contributed by atoms with Crippen molar-refractivity contribution in [3.63, 3.8) is 0 Å². The maximum absolute atomic E-state index is 12.1. The van der Waals surface area contributed by atoms with Crippen molar-refractivity contribution >= 4 is 23.2 Å². The summed E-state index contributed by atoms with van der Waals surface area (Å²) < 4.78 is 5.03. The quantitative estimate of drug-likeness (QED) is 0.684. The number of carbonyl (C=O) groups excluding carboxylic acids is 2. The van der Waals surface area contributed by atoms with Gasteiger partial charge >= 0.3 is 5.97 Å². The zero-order chi connectivity index (χ0) is 17.6. The molecule has 2 aromatic heterocycles. The van der Waals surface area contributed by atoms with E-state index in [2.05, 4.69) is 15.5 Å². The molecule has 3 rings (SSSR count). The number of carbonyl (C=O) groups is 2. The van der Waals surface area contributed by atoms with Crippen molar-refractivity contribution in [2.24, 2.45) is 0 Å². The Labute approximate surface area is 148 Å². The normalized spacial score (nSPS) is 10.4. The van der Waals surface area contributed by atoms with Crippen molar-refractivity contribution in [2.75, 3.05) is 6.61 Å². The monoisotopic (exact) mass is 356 g/mol. The summed E-state index contributed by atoms with van der Waals surface area (Å²) in [7, 11) is 0. The molecular formula is C17H16N4O3S. The van der Waals surface area contributed by atoms with E-state index >= 15 is 0 Å². The first kappa shape index (κ1) is 16.8. The van der Waals surface area contributed by atoms with Crippen LogP contribution in [0.5, 0.6) is 0 Å². The largest absolute Gasteiger partial charge is 0.451 e. The van der Waals surface area contributed by atoms with E-state index in [1.54, 1.807) is 18.3 Å². The molecule has 0 aliphatic rings. The molecule has 7 nitrogen and oxygen atoms in total. The second kappa shape index (κ2) is 7.71. The molecule has 2 heterocycles. The Morgan fingerprint density at radius 3 is 2.68 bits per heavy atom. The van der Waals surface area contributed by atoms with E-state index < -0.39 is 5.97 Å². The molecular weight excluding hydrogens is 340 g/mol. The Kier molecular flexibility index (Phi) is 5.20. The van der Waals surface area contributed by atoms with Crippen molar-refractivity contribution in [1.29, 1.82) is 0 Å². The van der Waals surface area contributed by atoms with Crippen LogP contribution in [-0.2, 0) is 16.1 Å². The van der Waals surface area contributed by atoms with Crippen LogP contribution in [0.2, 0.25) is 0 Å². The molecule has 0 fully saturated rings. The first-order chi connectivity index (χ1) is 12.1. The van der Waals surface area contributed by atoms with Crippen LogP contribution >= 0.6 is 11.3 Å². The number of rotatable bonds is 6. The van der Waals surface area contributed by atoms with Gasteiger partial charge < -0.3 is 10.1 Å². The van der Waals surface area contributed by atoms with Gasteiger partial charge in [-0.25, -0.2) is 4.79 Å². The summed E-state index contributed by atoms with van der Waals surface area (Å²) in [6.07, 6.45) is 0. The van der Waals surface area contributed by atoms with Crippen LogP contribution in [0, 0.1) is 6.92 Å². The topological polar surface area (TPSA) is 86.1 Å². The number of thiophene rings is 1. The fraction of sp³-hybridized carbons (Fsp3) is 0.176. The van der Waals surface area contributed by atoms with Gasteiger partial charge in [0.05, 0.1) is 17.9 Å². The van der Waals surface area contributed by atoms with Gasteiger partial charge in [-0.05, 0) is 30.5 Å². The highest BCUT2D eigenvalue weighted by Gasteiger charge is 2.19. The van der Waals surface area contributed by atoms with Crippen molar-refractivity contribution in [1.82, 2.24) is 20.3 Å². The van der Waals surface area contributed by atoms with Crippen LogP contribution in [0.15, 0.2) is 47.8 Å². The summed E-state index contributed by atoms with van der Waals surface area (Å²) in [6, 6.07) is 13.1. The van der Waals surface area contributed by atoms with E-state index in [9.17, 15) is 9.59 Å². The highest BCUT2D eigenvalue weighted by Crippen LogP contribution is 2.09. The molecule has 1 N–H and O–H groups in total. The second-order valence-electron chi connectivity index (χ2n) is 5.19. The minimum Gasteiger partial charge on any atom is -0.451 e. The third kappa shape index (κ3) is 4.30. The zero-order valence-corrected chi connectivity index (χ0v) is 14.3. The number of hydrogen-bond acceptors (Lipinski definition) is 6. The molecule has 8 heteroatoms. The molecule has 0 aliphatic carbocycles. The number of hydrogen-bond donors (Lipinski definition) is 1. The fourth-order valence-electron chi connectivity index (χ4n) is 2.09. The van der Waals surface area contributed by atoms with Gasteiger partial charge in [-0.3, -0.25) is 4.79 Å². The molecule has 1 amide bonds.